The molecule has 0 fully saturated rings. The normalized spacial score (nSPS) is 18.7. The van der Waals surface area contributed by atoms with Gasteiger partial charge in [-0.3, -0.25) is 0 Å². The summed E-state index contributed by atoms with van der Waals surface area (Å²) in [7, 11) is 0. The number of benzene rings is 1. The maximum Gasteiger partial charge on any atom is 0.0459 e. The molecule has 0 atom stereocenters. The van der Waals surface area contributed by atoms with E-state index in [0.29, 0.717) is 5.41 Å². The number of nitrogens with one attached hydrogen (secondary N) is 1. The fraction of sp³-hybridized carbons (Fsp3) is 0.385. The summed E-state index contributed by atoms with van der Waals surface area (Å²) in [5.74, 6) is 0. The maximum atomic E-state index is 3.53. The van der Waals surface area contributed by atoms with Crippen LogP contribution in [0.25, 0.3) is 10.9 Å². The number of rotatable bonds is 0. The molecule has 72 valence electrons. The van der Waals surface area contributed by atoms with E-state index in [0.717, 1.165) is 0 Å². The first-order valence-electron chi connectivity index (χ1n) is 5.28. The fourth-order valence-electron chi connectivity index (χ4n) is 2.72. The summed E-state index contributed by atoms with van der Waals surface area (Å²) < 4.78 is 0. The second kappa shape index (κ2) is 2.41. The molecule has 1 heteroatoms. The van der Waals surface area contributed by atoms with Gasteiger partial charge in [-0.1, -0.05) is 32.0 Å². The van der Waals surface area contributed by atoms with Gasteiger partial charge in [-0.05, 0) is 29.9 Å². The molecule has 0 radical (unpaired) electrons. The van der Waals surface area contributed by atoms with Crippen LogP contribution in [0.15, 0.2) is 24.3 Å². The monoisotopic (exact) mass is 185 g/mol. The molecule has 14 heavy (non-hydrogen) atoms. The summed E-state index contributed by atoms with van der Waals surface area (Å²) in [6, 6.07) is 8.63. The van der Waals surface area contributed by atoms with E-state index in [2.05, 4.69) is 43.1 Å². The topological polar surface area (TPSA) is 15.8 Å². The SMILES string of the molecule is CC1(C)CCc2[nH]c3ccccc3c21. The first kappa shape index (κ1) is 8.10. The van der Waals surface area contributed by atoms with E-state index in [9.17, 15) is 0 Å². The third-order valence-corrected chi connectivity index (χ3v) is 3.46. The lowest BCUT2D eigenvalue weighted by Crippen LogP contribution is -2.11. The zero-order chi connectivity index (χ0) is 9.76. The van der Waals surface area contributed by atoms with Crippen LogP contribution in [0, 0.1) is 0 Å². The molecule has 0 saturated heterocycles. The van der Waals surface area contributed by atoms with Crippen molar-refractivity contribution in [3.8, 4) is 0 Å². The van der Waals surface area contributed by atoms with Gasteiger partial charge in [0.1, 0.15) is 0 Å². The minimum absolute atomic E-state index is 0.356. The van der Waals surface area contributed by atoms with Gasteiger partial charge < -0.3 is 4.98 Å². The highest BCUT2D eigenvalue weighted by Crippen LogP contribution is 2.42. The molecule has 2 aromatic rings. The lowest BCUT2D eigenvalue weighted by molar-refractivity contribution is 0.525. The van der Waals surface area contributed by atoms with E-state index in [4.69, 9.17) is 0 Å². The van der Waals surface area contributed by atoms with Crippen LogP contribution in [0.2, 0.25) is 0 Å². The first-order valence-corrected chi connectivity index (χ1v) is 5.28. The number of aromatic nitrogens is 1. The van der Waals surface area contributed by atoms with Crippen LogP contribution in [0.5, 0.6) is 0 Å². The maximum absolute atomic E-state index is 3.53. The largest absolute Gasteiger partial charge is 0.358 e. The minimum Gasteiger partial charge on any atom is -0.358 e. The number of aryl methyl sites for hydroxylation is 1. The number of hydrogen-bond acceptors (Lipinski definition) is 0. The molecule has 1 aromatic carbocycles. The summed E-state index contributed by atoms with van der Waals surface area (Å²) in [5, 5.41) is 1.42. The van der Waals surface area contributed by atoms with Gasteiger partial charge in [0.2, 0.25) is 0 Å². The molecular weight excluding hydrogens is 170 g/mol. The van der Waals surface area contributed by atoms with Gasteiger partial charge in [-0.2, -0.15) is 0 Å². The van der Waals surface area contributed by atoms with Gasteiger partial charge in [-0.25, -0.2) is 0 Å². The molecule has 0 unspecified atom stereocenters. The molecule has 1 nitrogen and oxygen atoms in total. The third-order valence-electron chi connectivity index (χ3n) is 3.46. The molecule has 1 N–H and O–H groups in total. The average molecular weight is 185 g/mol. The Bertz CT molecular complexity index is 491. The molecule has 1 heterocycles. The molecule has 0 amide bonds. The van der Waals surface area contributed by atoms with Crippen molar-refractivity contribution >= 4 is 10.9 Å². The Morgan fingerprint density at radius 2 is 2.00 bits per heavy atom. The third kappa shape index (κ3) is 0.899. The van der Waals surface area contributed by atoms with Crippen LogP contribution in [-0.2, 0) is 11.8 Å². The Labute approximate surface area is 84.1 Å². The Balaban J connectivity index is 2.41. The zero-order valence-corrected chi connectivity index (χ0v) is 8.72. The van der Waals surface area contributed by atoms with Gasteiger partial charge in [0.15, 0.2) is 0 Å². The van der Waals surface area contributed by atoms with Crippen LogP contribution in [0.1, 0.15) is 31.5 Å². The highest BCUT2D eigenvalue weighted by atomic mass is 14.7. The van der Waals surface area contributed by atoms with Crippen molar-refractivity contribution in [1.29, 1.82) is 0 Å². The summed E-state index contributed by atoms with van der Waals surface area (Å²) in [4.78, 5) is 3.53. The quantitative estimate of drug-likeness (QED) is 0.647. The Morgan fingerprint density at radius 1 is 1.21 bits per heavy atom. The van der Waals surface area contributed by atoms with Crippen molar-refractivity contribution < 1.29 is 0 Å². The Hall–Kier alpha value is -1.24. The van der Waals surface area contributed by atoms with E-state index in [1.54, 1.807) is 5.56 Å². The van der Waals surface area contributed by atoms with E-state index in [1.807, 2.05) is 0 Å². The van der Waals surface area contributed by atoms with Gasteiger partial charge in [-0.15, -0.1) is 0 Å². The molecule has 1 aliphatic rings. The predicted molar refractivity (Wildman–Crippen MR) is 59.6 cm³/mol. The van der Waals surface area contributed by atoms with Crippen LogP contribution in [-0.4, -0.2) is 4.98 Å². The van der Waals surface area contributed by atoms with E-state index in [-0.39, 0.29) is 0 Å². The lowest BCUT2D eigenvalue weighted by Gasteiger charge is -2.17. The van der Waals surface area contributed by atoms with Crippen LogP contribution in [0.4, 0.5) is 0 Å². The number of hydrogen-bond donors (Lipinski definition) is 1. The molecule has 0 spiro atoms. The van der Waals surface area contributed by atoms with Crippen molar-refractivity contribution in [3.05, 3.63) is 35.5 Å². The Morgan fingerprint density at radius 3 is 2.86 bits per heavy atom. The van der Waals surface area contributed by atoms with Crippen molar-refractivity contribution in [3.63, 3.8) is 0 Å². The predicted octanol–water partition coefficient (Wildman–Crippen LogP) is 3.39. The van der Waals surface area contributed by atoms with Crippen LogP contribution in [0.3, 0.4) is 0 Å². The second-order valence-electron chi connectivity index (χ2n) is 4.91. The van der Waals surface area contributed by atoms with Gasteiger partial charge in [0.25, 0.3) is 0 Å². The van der Waals surface area contributed by atoms with Gasteiger partial charge >= 0.3 is 0 Å². The molecule has 0 saturated carbocycles. The Kier molecular flexibility index (Phi) is 1.40. The van der Waals surface area contributed by atoms with Crippen LogP contribution < -0.4 is 0 Å². The van der Waals surface area contributed by atoms with Crippen molar-refractivity contribution in [2.24, 2.45) is 0 Å². The zero-order valence-electron chi connectivity index (χ0n) is 8.72. The standard InChI is InChI=1S/C13H15N/c1-13(2)8-7-11-12(13)9-5-3-4-6-10(9)14-11/h3-6,14H,7-8H2,1-2H3. The average Bonchev–Trinajstić information content (AvgIpc) is 2.65. The lowest BCUT2D eigenvalue weighted by atomic mass is 9.86. The van der Waals surface area contributed by atoms with E-state index in [1.165, 1.54) is 29.4 Å². The number of fused-ring (bicyclic) bond motifs is 3. The summed E-state index contributed by atoms with van der Waals surface area (Å²) >= 11 is 0. The fourth-order valence-corrected chi connectivity index (χ4v) is 2.72. The molecular formula is C13H15N. The number of para-hydroxylation sites is 1. The molecule has 3 rings (SSSR count). The first-order chi connectivity index (χ1) is 6.68. The molecule has 0 bridgehead atoms. The highest BCUT2D eigenvalue weighted by Gasteiger charge is 2.32. The van der Waals surface area contributed by atoms with Gasteiger partial charge in [0.05, 0.1) is 0 Å². The van der Waals surface area contributed by atoms with E-state index >= 15 is 0 Å². The number of H-pyrrole nitrogens is 1. The smallest absolute Gasteiger partial charge is 0.0459 e. The summed E-state index contributed by atoms with van der Waals surface area (Å²) in [6.07, 6.45) is 2.48. The van der Waals surface area contributed by atoms with Gasteiger partial charge in [0, 0.05) is 16.6 Å². The molecule has 0 aliphatic heterocycles. The van der Waals surface area contributed by atoms with E-state index < -0.39 is 0 Å². The summed E-state index contributed by atoms with van der Waals surface area (Å²) in [6.45, 7) is 4.69. The van der Waals surface area contributed by atoms with Crippen molar-refractivity contribution in [2.75, 3.05) is 0 Å². The van der Waals surface area contributed by atoms with Crippen molar-refractivity contribution in [1.82, 2.24) is 4.98 Å². The van der Waals surface area contributed by atoms with Crippen molar-refractivity contribution in [2.45, 2.75) is 32.1 Å². The molecule has 1 aliphatic carbocycles. The second-order valence-corrected chi connectivity index (χ2v) is 4.91. The molecule has 1 aromatic heterocycles. The van der Waals surface area contributed by atoms with Crippen LogP contribution >= 0.6 is 0 Å². The number of aromatic amines is 1. The summed E-state index contributed by atoms with van der Waals surface area (Å²) in [5.41, 5.74) is 4.66. The minimum atomic E-state index is 0.356. The highest BCUT2D eigenvalue weighted by molar-refractivity contribution is 5.86.